The van der Waals surface area contributed by atoms with Crippen molar-refractivity contribution in [3.8, 4) is 5.75 Å². The highest BCUT2D eigenvalue weighted by molar-refractivity contribution is 5.74. The molecular formula is C14H19F3N2O. The lowest BCUT2D eigenvalue weighted by Gasteiger charge is -2.27. The fourth-order valence-corrected chi connectivity index (χ4v) is 2.11. The number of para-hydroxylation sites is 1. The molecule has 0 spiro atoms. The number of nitrogen functional groups attached to an aromatic ring is 1. The minimum Gasteiger partial charge on any atom is -0.491 e. The maximum atomic E-state index is 12.7. The number of hydrogen-bond donors (Lipinski definition) is 1. The Morgan fingerprint density at radius 2 is 2.05 bits per heavy atom. The molecule has 6 heteroatoms. The van der Waals surface area contributed by atoms with Gasteiger partial charge in [-0.1, -0.05) is 13.0 Å². The molecule has 1 aromatic rings. The number of rotatable bonds is 6. The van der Waals surface area contributed by atoms with Crippen LogP contribution in [0, 0.1) is 0 Å². The molecule has 1 aliphatic rings. The molecule has 0 atom stereocenters. The van der Waals surface area contributed by atoms with E-state index in [0.29, 0.717) is 18.0 Å². The van der Waals surface area contributed by atoms with Gasteiger partial charge in [0.05, 0.1) is 18.0 Å². The first-order chi connectivity index (χ1) is 9.42. The molecule has 2 N–H and O–H groups in total. The lowest BCUT2D eigenvalue weighted by molar-refractivity contribution is -0.119. The molecule has 0 radical (unpaired) electrons. The summed E-state index contributed by atoms with van der Waals surface area (Å²) >= 11 is 0. The van der Waals surface area contributed by atoms with Crippen molar-refractivity contribution >= 4 is 11.4 Å². The number of anilines is 2. The van der Waals surface area contributed by atoms with Crippen LogP contribution in [0.25, 0.3) is 0 Å². The van der Waals surface area contributed by atoms with Gasteiger partial charge in [-0.15, -0.1) is 0 Å². The molecule has 1 aromatic carbocycles. The van der Waals surface area contributed by atoms with Gasteiger partial charge in [0, 0.05) is 6.04 Å². The van der Waals surface area contributed by atoms with Crippen LogP contribution in [0.5, 0.6) is 5.75 Å². The third kappa shape index (κ3) is 3.71. The number of ether oxygens (including phenoxy) is 1. The summed E-state index contributed by atoms with van der Waals surface area (Å²) in [5.41, 5.74) is 6.68. The van der Waals surface area contributed by atoms with Gasteiger partial charge in [0.1, 0.15) is 12.3 Å². The Balaban J connectivity index is 2.24. The normalized spacial score (nSPS) is 15.2. The fourth-order valence-electron chi connectivity index (χ4n) is 2.11. The van der Waals surface area contributed by atoms with E-state index in [4.69, 9.17) is 10.5 Å². The van der Waals surface area contributed by atoms with E-state index >= 15 is 0 Å². The summed E-state index contributed by atoms with van der Waals surface area (Å²) in [5.74, 6) is 0.456. The predicted molar refractivity (Wildman–Crippen MR) is 73.1 cm³/mol. The van der Waals surface area contributed by atoms with Gasteiger partial charge in [-0.05, 0) is 31.4 Å². The van der Waals surface area contributed by atoms with Gasteiger partial charge in [-0.3, -0.25) is 0 Å². The molecular weight excluding hydrogens is 269 g/mol. The van der Waals surface area contributed by atoms with Gasteiger partial charge in [-0.2, -0.15) is 13.2 Å². The zero-order valence-electron chi connectivity index (χ0n) is 11.4. The first kappa shape index (κ1) is 14.8. The highest BCUT2D eigenvalue weighted by atomic mass is 19.4. The average molecular weight is 288 g/mol. The zero-order chi connectivity index (χ0) is 14.8. The summed E-state index contributed by atoms with van der Waals surface area (Å²) in [6.07, 6.45) is -1.88. The Labute approximate surface area is 116 Å². The van der Waals surface area contributed by atoms with Crippen LogP contribution in [0.1, 0.15) is 26.2 Å². The average Bonchev–Trinajstić information content (AvgIpc) is 3.18. The van der Waals surface area contributed by atoms with Crippen molar-refractivity contribution in [2.24, 2.45) is 0 Å². The van der Waals surface area contributed by atoms with Gasteiger partial charge in [0.2, 0.25) is 0 Å². The number of nitrogens with zero attached hydrogens (tertiary/aromatic N) is 1. The van der Waals surface area contributed by atoms with E-state index in [-0.39, 0.29) is 11.7 Å². The zero-order valence-corrected chi connectivity index (χ0v) is 11.4. The largest absolute Gasteiger partial charge is 0.491 e. The van der Waals surface area contributed by atoms with Crippen LogP contribution in [0.15, 0.2) is 18.2 Å². The van der Waals surface area contributed by atoms with Crippen LogP contribution >= 0.6 is 0 Å². The maximum absolute atomic E-state index is 12.7. The van der Waals surface area contributed by atoms with E-state index in [9.17, 15) is 13.2 Å². The molecule has 20 heavy (non-hydrogen) atoms. The molecule has 2 rings (SSSR count). The van der Waals surface area contributed by atoms with Crippen LogP contribution in [0.3, 0.4) is 0 Å². The molecule has 1 saturated carbocycles. The van der Waals surface area contributed by atoms with Crippen molar-refractivity contribution in [3.63, 3.8) is 0 Å². The second-order valence-corrected chi connectivity index (χ2v) is 5.01. The van der Waals surface area contributed by atoms with Crippen LogP contribution < -0.4 is 15.4 Å². The summed E-state index contributed by atoms with van der Waals surface area (Å²) in [7, 11) is 0. The Kier molecular flexibility index (Phi) is 4.30. The van der Waals surface area contributed by atoms with Crippen molar-refractivity contribution < 1.29 is 17.9 Å². The van der Waals surface area contributed by atoms with Crippen molar-refractivity contribution in [3.05, 3.63) is 18.2 Å². The summed E-state index contributed by atoms with van der Waals surface area (Å²) in [6, 6.07) is 4.92. The molecule has 0 heterocycles. The molecule has 3 nitrogen and oxygen atoms in total. The molecule has 0 unspecified atom stereocenters. The summed E-state index contributed by atoms with van der Waals surface area (Å²) < 4.78 is 43.6. The Bertz CT molecular complexity index is 458. The van der Waals surface area contributed by atoms with Crippen LogP contribution in [-0.2, 0) is 0 Å². The first-order valence-electron chi connectivity index (χ1n) is 6.77. The number of hydrogen-bond acceptors (Lipinski definition) is 3. The van der Waals surface area contributed by atoms with Crippen molar-refractivity contribution in [2.45, 2.75) is 38.4 Å². The third-order valence-corrected chi connectivity index (χ3v) is 3.15. The number of halogens is 3. The molecule has 0 amide bonds. The van der Waals surface area contributed by atoms with Crippen molar-refractivity contribution in [1.82, 2.24) is 0 Å². The minimum absolute atomic E-state index is 0.0691. The Morgan fingerprint density at radius 1 is 1.35 bits per heavy atom. The smallest absolute Gasteiger partial charge is 0.405 e. The lowest BCUT2D eigenvalue weighted by atomic mass is 10.2. The molecule has 0 saturated heterocycles. The van der Waals surface area contributed by atoms with Crippen molar-refractivity contribution in [2.75, 3.05) is 23.8 Å². The molecule has 1 aliphatic carbocycles. The monoisotopic (exact) mass is 288 g/mol. The molecule has 0 aromatic heterocycles. The molecule has 1 fully saturated rings. The first-order valence-corrected chi connectivity index (χ1v) is 6.77. The Morgan fingerprint density at radius 3 is 2.60 bits per heavy atom. The van der Waals surface area contributed by atoms with Crippen LogP contribution in [0.2, 0.25) is 0 Å². The number of nitrogens with two attached hydrogens (primary N) is 1. The molecule has 112 valence electrons. The highest BCUT2D eigenvalue weighted by Gasteiger charge is 2.39. The summed E-state index contributed by atoms with van der Waals surface area (Å²) in [5, 5.41) is 0. The molecule has 0 aliphatic heterocycles. The summed E-state index contributed by atoms with van der Waals surface area (Å²) in [4.78, 5) is 1.34. The van der Waals surface area contributed by atoms with E-state index in [1.54, 1.807) is 18.2 Å². The second-order valence-electron chi connectivity index (χ2n) is 5.01. The lowest BCUT2D eigenvalue weighted by Crippen LogP contribution is -2.36. The van der Waals surface area contributed by atoms with E-state index in [2.05, 4.69) is 0 Å². The van der Waals surface area contributed by atoms with E-state index in [1.807, 2.05) is 6.92 Å². The summed E-state index contributed by atoms with van der Waals surface area (Å²) in [6.45, 7) is 1.48. The Hall–Kier alpha value is -1.59. The van der Waals surface area contributed by atoms with E-state index in [1.165, 1.54) is 4.90 Å². The van der Waals surface area contributed by atoms with Crippen LogP contribution in [-0.4, -0.2) is 25.4 Å². The van der Waals surface area contributed by atoms with Gasteiger partial charge < -0.3 is 15.4 Å². The van der Waals surface area contributed by atoms with Crippen molar-refractivity contribution in [1.29, 1.82) is 0 Å². The predicted octanol–water partition coefficient (Wildman–Crippen LogP) is 3.59. The van der Waals surface area contributed by atoms with Gasteiger partial charge in [0.15, 0.2) is 0 Å². The third-order valence-electron chi connectivity index (χ3n) is 3.15. The number of alkyl halides is 3. The minimum atomic E-state index is -4.24. The van der Waals surface area contributed by atoms with Crippen LogP contribution in [0.4, 0.5) is 24.5 Å². The fraction of sp³-hybridized carbons (Fsp3) is 0.571. The van der Waals surface area contributed by atoms with Gasteiger partial charge in [0.25, 0.3) is 0 Å². The van der Waals surface area contributed by atoms with E-state index in [0.717, 1.165) is 19.3 Å². The quantitative estimate of drug-likeness (QED) is 0.813. The maximum Gasteiger partial charge on any atom is 0.405 e. The standard InChI is InChI=1S/C14H19F3N2O/c1-2-8-20-12-5-3-4-11(13(12)18)19(10-6-7-10)9-14(15,16)17/h3-5,10H,2,6-9,18H2,1H3. The number of benzene rings is 1. The topological polar surface area (TPSA) is 38.5 Å². The van der Waals surface area contributed by atoms with Gasteiger partial charge in [-0.25, -0.2) is 0 Å². The molecule has 0 bridgehead atoms. The van der Waals surface area contributed by atoms with E-state index < -0.39 is 12.7 Å². The second kappa shape index (κ2) is 5.81. The SMILES string of the molecule is CCCOc1cccc(N(CC(F)(F)F)C2CC2)c1N. The van der Waals surface area contributed by atoms with Gasteiger partial charge >= 0.3 is 6.18 Å². The highest BCUT2D eigenvalue weighted by Crippen LogP contribution is 2.40.